The van der Waals surface area contributed by atoms with E-state index < -0.39 is 22.2 Å². The molecule has 2 bridgehead atoms. The van der Waals surface area contributed by atoms with Gasteiger partial charge < -0.3 is 14.5 Å². The highest BCUT2D eigenvalue weighted by Crippen LogP contribution is 2.66. The van der Waals surface area contributed by atoms with Crippen LogP contribution in [-0.4, -0.2) is 63.1 Å². The summed E-state index contributed by atoms with van der Waals surface area (Å²) in [6, 6.07) is 2.93. The van der Waals surface area contributed by atoms with Crippen molar-refractivity contribution in [2.75, 3.05) is 25.0 Å². The fourth-order valence-electron chi connectivity index (χ4n) is 6.91. The van der Waals surface area contributed by atoms with Crippen LogP contribution in [0.25, 0.3) is 11.3 Å². The molecule has 2 saturated heterocycles. The molecule has 0 radical (unpaired) electrons. The summed E-state index contributed by atoms with van der Waals surface area (Å²) in [6.45, 7) is 6.99. The predicted molar refractivity (Wildman–Crippen MR) is 128 cm³/mol. The Bertz CT molecular complexity index is 1360. The molecule has 0 N–H and O–H groups in total. The summed E-state index contributed by atoms with van der Waals surface area (Å²) in [5, 5.41) is 0. The molecule has 0 unspecified atom stereocenters. The number of anilines is 1. The molecule has 9 nitrogen and oxygen atoms in total. The lowest BCUT2D eigenvalue weighted by Gasteiger charge is -2.38. The average molecular weight is 496 g/mol. The molecule has 4 fully saturated rings. The Morgan fingerprint density at radius 3 is 2.47 bits per heavy atom. The smallest absolute Gasteiger partial charge is 0.313 e. The van der Waals surface area contributed by atoms with Gasteiger partial charge >= 0.3 is 5.97 Å². The number of amides is 1. The first-order chi connectivity index (χ1) is 16.9. The number of carbonyl (C=O) groups excluding carboxylic acids is 2. The number of carbonyl (C=O) groups is 2. The summed E-state index contributed by atoms with van der Waals surface area (Å²) in [4.78, 5) is 51.2. The number of rotatable bonds is 4. The van der Waals surface area contributed by atoms with Crippen LogP contribution in [0.3, 0.4) is 0 Å². The first-order valence-corrected chi connectivity index (χ1v) is 12.4. The van der Waals surface area contributed by atoms with Crippen molar-refractivity contribution in [1.82, 2.24) is 19.4 Å². The minimum atomic E-state index is -1.09. The van der Waals surface area contributed by atoms with Crippen LogP contribution in [0.4, 0.5) is 10.3 Å². The second kappa shape index (κ2) is 7.14. The van der Waals surface area contributed by atoms with E-state index in [9.17, 15) is 18.8 Å². The molecule has 5 atom stereocenters. The molecule has 2 aromatic rings. The molecule has 1 amide bonds. The van der Waals surface area contributed by atoms with Gasteiger partial charge in [0.05, 0.1) is 17.3 Å². The maximum Gasteiger partial charge on any atom is 0.313 e. The van der Waals surface area contributed by atoms with E-state index in [4.69, 9.17) is 4.74 Å². The van der Waals surface area contributed by atoms with Crippen LogP contribution in [0.1, 0.15) is 33.6 Å². The van der Waals surface area contributed by atoms with Gasteiger partial charge in [0, 0.05) is 68.3 Å². The molecule has 4 heterocycles. The van der Waals surface area contributed by atoms with Crippen LogP contribution in [0, 0.1) is 28.5 Å². The molecule has 4 aliphatic rings. The molecule has 10 heteroatoms. The molecule has 190 valence electrons. The Morgan fingerprint density at radius 2 is 1.89 bits per heavy atom. The van der Waals surface area contributed by atoms with Crippen LogP contribution in [-0.2, 0) is 21.4 Å². The minimum Gasteiger partial charge on any atom is -0.448 e. The standard InChI is InChI=1S/C26H30FN5O4/c1-24(2)25(3)7-8-26(24,36-22(25)35)21(34)32-12-15-16(13-32)20(15)31(5)23-29-18(10-19(33)30(23)4)14-6-9-28-11-17(14)27/h6,9-11,15-16,20H,7-8,12-13H2,1-5H3/t15-,16+,20+,25-,26-/m0/s1. The number of aromatic nitrogens is 3. The van der Waals surface area contributed by atoms with Gasteiger partial charge in [0.25, 0.3) is 11.5 Å². The molecular formula is C26H30FN5O4. The second-order valence-electron chi connectivity index (χ2n) is 11.5. The zero-order valence-corrected chi connectivity index (χ0v) is 21.1. The van der Waals surface area contributed by atoms with E-state index in [1.807, 2.05) is 37.6 Å². The molecule has 2 saturated carbocycles. The lowest BCUT2D eigenvalue weighted by molar-refractivity contribution is -0.173. The first kappa shape index (κ1) is 23.1. The number of hydrogen-bond acceptors (Lipinski definition) is 7. The van der Waals surface area contributed by atoms with Gasteiger partial charge in [0.1, 0.15) is 0 Å². The summed E-state index contributed by atoms with van der Waals surface area (Å²) in [6.07, 6.45) is 3.78. The van der Waals surface area contributed by atoms with Gasteiger partial charge in [-0.15, -0.1) is 0 Å². The molecule has 0 spiro atoms. The van der Waals surface area contributed by atoms with Crippen molar-refractivity contribution in [3.05, 3.63) is 40.7 Å². The van der Waals surface area contributed by atoms with Crippen LogP contribution in [0.15, 0.2) is 29.3 Å². The Hall–Kier alpha value is -3.30. The summed E-state index contributed by atoms with van der Waals surface area (Å²) in [7, 11) is 3.53. The van der Waals surface area contributed by atoms with E-state index >= 15 is 0 Å². The quantitative estimate of drug-likeness (QED) is 0.599. The fourth-order valence-corrected chi connectivity index (χ4v) is 6.91. The summed E-state index contributed by atoms with van der Waals surface area (Å²) >= 11 is 0. The number of hydrogen-bond donors (Lipinski definition) is 0. The van der Waals surface area contributed by atoms with E-state index in [1.54, 1.807) is 7.05 Å². The maximum atomic E-state index is 14.3. The number of fused-ring (bicyclic) bond motifs is 3. The van der Waals surface area contributed by atoms with Gasteiger partial charge in [-0.25, -0.2) is 9.37 Å². The normalized spacial score (nSPS) is 33.4. The molecule has 36 heavy (non-hydrogen) atoms. The Balaban J connectivity index is 1.21. The van der Waals surface area contributed by atoms with Gasteiger partial charge in [-0.3, -0.25) is 23.9 Å². The Morgan fingerprint density at radius 1 is 1.19 bits per heavy atom. The van der Waals surface area contributed by atoms with Gasteiger partial charge in [-0.1, -0.05) is 13.8 Å². The van der Waals surface area contributed by atoms with Gasteiger partial charge in [0.2, 0.25) is 5.95 Å². The number of nitrogens with zero attached hydrogens (tertiary/aromatic N) is 5. The van der Waals surface area contributed by atoms with E-state index in [0.717, 1.165) is 6.20 Å². The van der Waals surface area contributed by atoms with E-state index in [2.05, 4.69) is 9.97 Å². The minimum absolute atomic E-state index is 0.0867. The number of esters is 1. The third-order valence-electron chi connectivity index (χ3n) is 9.79. The molecule has 2 aliphatic carbocycles. The molecule has 2 aliphatic heterocycles. The number of pyridine rings is 1. The number of likely N-dealkylation sites (tertiary alicyclic amines) is 1. The number of piperidine rings is 1. The third-order valence-corrected chi connectivity index (χ3v) is 9.79. The maximum absolute atomic E-state index is 14.3. The topological polar surface area (TPSA) is 97.6 Å². The lowest BCUT2D eigenvalue weighted by atomic mass is 9.66. The van der Waals surface area contributed by atoms with Crippen molar-refractivity contribution in [3.8, 4) is 11.3 Å². The molecular weight excluding hydrogens is 465 g/mol. The first-order valence-electron chi connectivity index (χ1n) is 12.4. The van der Waals surface area contributed by atoms with E-state index in [1.165, 1.54) is 22.9 Å². The van der Waals surface area contributed by atoms with Crippen molar-refractivity contribution < 1.29 is 18.7 Å². The van der Waals surface area contributed by atoms with Crippen LogP contribution < -0.4 is 10.5 Å². The SMILES string of the molecule is CN(c1nc(-c2ccncc2F)cc(=O)n1C)[C@H]1[C@@H]2CN(C(=O)[C@]34CC[C@@](C)(C(=O)O3)C4(C)C)C[C@@H]21. The summed E-state index contributed by atoms with van der Waals surface area (Å²) in [5.41, 5.74) is -2.09. The second-order valence-corrected chi connectivity index (χ2v) is 11.5. The fraction of sp³-hybridized carbons (Fsp3) is 0.577. The summed E-state index contributed by atoms with van der Waals surface area (Å²) < 4.78 is 21.6. The highest BCUT2D eigenvalue weighted by molar-refractivity contribution is 5.96. The van der Waals surface area contributed by atoms with E-state index in [0.29, 0.717) is 31.9 Å². The predicted octanol–water partition coefficient (Wildman–Crippen LogP) is 2.00. The Kier molecular flexibility index (Phi) is 4.58. The van der Waals surface area contributed by atoms with E-state index in [-0.39, 0.29) is 46.6 Å². The van der Waals surface area contributed by atoms with Gasteiger partial charge in [0.15, 0.2) is 11.4 Å². The number of ether oxygens (including phenoxy) is 1. The zero-order valence-electron chi connectivity index (χ0n) is 21.1. The van der Waals surface area contributed by atoms with Crippen molar-refractivity contribution >= 4 is 17.8 Å². The van der Waals surface area contributed by atoms with Crippen LogP contribution in [0.2, 0.25) is 0 Å². The van der Waals surface area contributed by atoms with Gasteiger partial charge in [-0.05, 0) is 25.8 Å². The monoisotopic (exact) mass is 495 g/mol. The summed E-state index contributed by atoms with van der Waals surface area (Å²) in [5.74, 6) is -0.00435. The van der Waals surface area contributed by atoms with Crippen molar-refractivity contribution in [3.63, 3.8) is 0 Å². The van der Waals surface area contributed by atoms with Gasteiger partial charge in [-0.2, -0.15) is 0 Å². The Labute approximate surface area is 208 Å². The highest BCUT2D eigenvalue weighted by Gasteiger charge is 2.77. The lowest BCUT2D eigenvalue weighted by Crippen LogP contribution is -2.55. The van der Waals surface area contributed by atoms with Crippen molar-refractivity contribution in [1.29, 1.82) is 0 Å². The molecule has 2 aromatic heterocycles. The molecule has 6 rings (SSSR count). The zero-order chi connectivity index (χ0) is 25.8. The van der Waals surface area contributed by atoms with Crippen LogP contribution >= 0.6 is 0 Å². The third kappa shape index (κ3) is 2.72. The molecule has 0 aromatic carbocycles. The van der Waals surface area contributed by atoms with Crippen molar-refractivity contribution in [2.24, 2.45) is 29.7 Å². The van der Waals surface area contributed by atoms with Crippen molar-refractivity contribution in [2.45, 2.75) is 45.3 Å². The largest absolute Gasteiger partial charge is 0.448 e. The highest BCUT2D eigenvalue weighted by atomic mass is 19.1. The van der Waals surface area contributed by atoms with Crippen LogP contribution in [0.5, 0.6) is 0 Å². The number of halogens is 1. The average Bonchev–Trinajstić information content (AvgIpc) is 3.18.